The minimum absolute atomic E-state index is 0.0195. The molecule has 1 aliphatic heterocycles. The second kappa shape index (κ2) is 7.80. The molecule has 3 rings (SSSR count). The van der Waals surface area contributed by atoms with Crippen molar-refractivity contribution in [1.82, 2.24) is 10.2 Å². The van der Waals surface area contributed by atoms with Crippen LogP contribution in [0.1, 0.15) is 11.1 Å². The van der Waals surface area contributed by atoms with Crippen LogP contribution in [0.4, 0.5) is 16.2 Å². The van der Waals surface area contributed by atoms with Crippen molar-refractivity contribution in [3.63, 3.8) is 0 Å². The Morgan fingerprint density at radius 2 is 2.00 bits per heavy atom. The molecular formula is C19H16N4O6. The molecular weight excluding hydrogens is 380 g/mol. The molecule has 0 aliphatic carbocycles. The maximum atomic E-state index is 12.5. The van der Waals surface area contributed by atoms with Crippen LogP contribution in [-0.4, -0.2) is 39.3 Å². The Kier molecular flexibility index (Phi) is 5.26. The monoisotopic (exact) mass is 396 g/mol. The number of anilines is 1. The van der Waals surface area contributed by atoms with Gasteiger partial charge >= 0.3 is 11.7 Å². The molecule has 1 saturated heterocycles. The lowest BCUT2D eigenvalue weighted by Crippen LogP contribution is -2.38. The largest absolute Gasteiger partial charge is 0.502 e. The maximum absolute atomic E-state index is 12.5. The normalized spacial score (nSPS) is 14.8. The van der Waals surface area contributed by atoms with Gasteiger partial charge in [-0.1, -0.05) is 24.3 Å². The first-order valence-electron chi connectivity index (χ1n) is 8.43. The number of phenolic OH excluding ortho intramolecular Hbond substituents is 1. The van der Waals surface area contributed by atoms with Crippen LogP contribution in [0.15, 0.2) is 48.2 Å². The topological polar surface area (TPSA) is 142 Å². The van der Waals surface area contributed by atoms with Gasteiger partial charge in [0.1, 0.15) is 12.2 Å². The summed E-state index contributed by atoms with van der Waals surface area (Å²) in [6, 6.07) is 9.99. The third-order valence-electron chi connectivity index (χ3n) is 4.11. The molecule has 0 radical (unpaired) electrons. The molecule has 0 bridgehead atoms. The third kappa shape index (κ3) is 4.21. The number of nitrogens with zero attached hydrogens (tertiary/aromatic N) is 2. The Bertz CT molecular complexity index is 1060. The Hall–Kier alpha value is -4.21. The summed E-state index contributed by atoms with van der Waals surface area (Å²) in [5.41, 5.74) is 0.688. The summed E-state index contributed by atoms with van der Waals surface area (Å²) in [5.74, 6) is -2.00. The summed E-state index contributed by atoms with van der Waals surface area (Å²) in [6.07, 6.45) is 1.11. The Labute approximate surface area is 164 Å². The summed E-state index contributed by atoms with van der Waals surface area (Å²) >= 11 is 0. The number of carbonyl (C=O) groups is 3. The molecule has 0 saturated carbocycles. The number of nitrogens with one attached hydrogen (secondary N) is 2. The van der Waals surface area contributed by atoms with Gasteiger partial charge in [0.15, 0.2) is 0 Å². The zero-order valence-electron chi connectivity index (χ0n) is 15.2. The van der Waals surface area contributed by atoms with Gasteiger partial charge < -0.3 is 15.7 Å². The van der Waals surface area contributed by atoms with Crippen LogP contribution < -0.4 is 10.6 Å². The number of carbonyl (C=O) groups excluding carboxylic acids is 3. The smallest absolute Gasteiger partial charge is 0.329 e. The zero-order chi connectivity index (χ0) is 21.1. The van der Waals surface area contributed by atoms with E-state index < -0.39 is 40.8 Å². The quantitative estimate of drug-likeness (QED) is 0.306. The van der Waals surface area contributed by atoms with Crippen molar-refractivity contribution >= 4 is 35.3 Å². The highest BCUT2D eigenvalue weighted by Crippen LogP contribution is 2.31. The molecule has 1 heterocycles. The molecule has 2 aromatic carbocycles. The van der Waals surface area contributed by atoms with Crippen molar-refractivity contribution in [2.45, 2.75) is 6.92 Å². The average molecular weight is 396 g/mol. The van der Waals surface area contributed by atoms with Gasteiger partial charge in [-0.25, -0.2) is 9.69 Å². The number of urea groups is 1. The maximum Gasteiger partial charge on any atom is 0.329 e. The van der Waals surface area contributed by atoms with Crippen LogP contribution in [0, 0.1) is 17.0 Å². The van der Waals surface area contributed by atoms with Crippen molar-refractivity contribution in [2.24, 2.45) is 0 Å². The van der Waals surface area contributed by atoms with E-state index in [4.69, 9.17) is 0 Å². The molecule has 1 aliphatic rings. The predicted molar refractivity (Wildman–Crippen MR) is 103 cm³/mol. The number of aromatic hydroxyl groups is 1. The zero-order valence-corrected chi connectivity index (χ0v) is 15.2. The Balaban J connectivity index is 1.76. The number of nitro groups is 1. The second-order valence-corrected chi connectivity index (χ2v) is 6.27. The fraction of sp³-hybridized carbons (Fsp3) is 0.105. The van der Waals surface area contributed by atoms with E-state index in [0.717, 1.165) is 17.7 Å². The number of benzene rings is 2. The van der Waals surface area contributed by atoms with E-state index in [0.29, 0.717) is 10.6 Å². The summed E-state index contributed by atoms with van der Waals surface area (Å²) in [5, 5.41) is 25.8. The molecule has 0 atom stereocenters. The minimum atomic E-state index is -0.814. The van der Waals surface area contributed by atoms with Gasteiger partial charge in [-0.3, -0.25) is 19.7 Å². The van der Waals surface area contributed by atoms with Crippen LogP contribution >= 0.6 is 0 Å². The fourth-order valence-electron chi connectivity index (χ4n) is 2.75. The number of rotatable bonds is 5. The van der Waals surface area contributed by atoms with Crippen molar-refractivity contribution in [3.05, 3.63) is 69.4 Å². The second-order valence-electron chi connectivity index (χ2n) is 6.27. The molecule has 1 fully saturated rings. The number of hydrogen-bond donors (Lipinski definition) is 3. The van der Waals surface area contributed by atoms with Gasteiger partial charge in [-0.05, 0) is 30.7 Å². The molecule has 0 spiro atoms. The number of para-hydroxylation sites is 1. The highest BCUT2D eigenvalue weighted by Gasteiger charge is 2.35. The van der Waals surface area contributed by atoms with Crippen molar-refractivity contribution in [1.29, 1.82) is 0 Å². The highest BCUT2D eigenvalue weighted by molar-refractivity contribution is 6.16. The van der Waals surface area contributed by atoms with Crippen LogP contribution in [0.2, 0.25) is 0 Å². The summed E-state index contributed by atoms with van der Waals surface area (Å²) in [7, 11) is 0. The molecule has 2 aromatic rings. The number of imide groups is 1. The lowest BCUT2D eigenvalue weighted by molar-refractivity contribution is -0.385. The summed E-state index contributed by atoms with van der Waals surface area (Å²) in [6.45, 7) is 1.34. The minimum Gasteiger partial charge on any atom is -0.502 e. The molecule has 0 aromatic heterocycles. The van der Waals surface area contributed by atoms with Gasteiger partial charge in [0.25, 0.3) is 5.91 Å². The van der Waals surface area contributed by atoms with E-state index in [9.17, 15) is 29.6 Å². The van der Waals surface area contributed by atoms with Crippen LogP contribution in [-0.2, 0) is 9.59 Å². The first-order valence-corrected chi connectivity index (χ1v) is 8.43. The van der Waals surface area contributed by atoms with Gasteiger partial charge in [-0.15, -0.1) is 0 Å². The Morgan fingerprint density at radius 1 is 1.28 bits per heavy atom. The van der Waals surface area contributed by atoms with E-state index in [1.54, 1.807) is 18.2 Å². The van der Waals surface area contributed by atoms with Crippen LogP contribution in [0.3, 0.4) is 0 Å². The fourth-order valence-corrected chi connectivity index (χ4v) is 2.75. The number of aryl methyl sites for hydroxylation is 1. The lowest BCUT2D eigenvalue weighted by Gasteiger charge is -2.12. The summed E-state index contributed by atoms with van der Waals surface area (Å²) < 4.78 is 0. The first-order chi connectivity index (χ1) is 13.8. The van der Waals surface area contributed by atoms with Crippen molar-refractivity contribution in [2.75, 3.05) is 11.9 Å². The van der Waals surface area contributed by atoms with E-state index in [2.05, 4.69) is 10.6 Å². The first kappa shape index (κ1) is 19.5. The molecule has 10 heteroatoms. The van der Waals surface area contributed by atoms with E-state index in [-0.39, 0.29) is 11.3 Å². The number of amides is 4. The molecule has 4 amide bonds. The lowest BCUT2D eigenvalue weighted by atomic mass is 10.1. The molecule has 0 unspecified atom stereocenters. The highest BCUT2D eigenvalue weighted by atomic mass is 16.6. The summed E-state index contributed by atoms with van der Waals surface area (Å²) in [4.78, 5) is 47.6. The SMILES string of the molecule is Cc1cccc(NC(=O)CN2C(=O)N/C(=C/c3cccc([N+](=O)[O-])c3O)C2=O)c1. The third-order valence-corrected chi connectivity index (χ3v) is 4.11. The van der Waals surface area contributed by atoms with Crippen LogP contribution in [0.5, 0.6) is 5.75 Å². The van der Waals surface area contributed by atoms with Gasteiger partial charge in [0, 0.05) is 17.3 Å². The van der Waals surface area contributed by atoms with Gasteiger partial charge in [0.05, 0.1) is 4.92 Å². The molecule has 29 heavy (non-hydrogen) atoms. The number of hydrogen-bond acceptors (Lipinski definition) is 6. The van der Waals surface area contributed by atoms with Gasteiger partial charge in [0.2, 0.25) is 11.7 Å². The van der Waals surface area contributed by atoms with Gasteiger partial charge in [-0.2, -0.15) is 0 Å². The van der Waals surface area contributed by atoms with E-state index in [1.165, 1.54) is 12.1 Å². The van der Waals surface area contributed by atoms with Crippen LogP contribution in [0.25, 0.3) is 6.08 Å². The van der Waals surface area contributed by atoms with Crippen molar-refractivity contribution < 1.29 is 24.4 Å². The standard InChI is InChI=1S/C19H16N4O6/c1-11-4-2-6-13(8-11)20-16(24)10-22-18(26)14(21-19(22)27)9-12-5-3-7-15(17(12)25)23(28)29/h2-9,25H,10H2,1H3,(H,20,24)(H,21,27)/b14-9+. The van der Waals surface area contributed by atoms with E-state index >= 15 is 0 Å². The Morgan fingerprint density at radius 3 is 2.69 bits per heavy atom. The molecule has 3 N–H and O–H groups in total. The average Bonchev–Trinajstić information content (AvgIpc) is 2.90. The number of nitro benzene ring substituents is 1. The molecule has 10 nitrogen and oxygen atoms in total. The molecule has 148 valence electrons. The number of phenols is 1. The predicted octanol–water partition coefficient (Wildman–Crippen LogP) is 2.14. The van der Waals surface area contributed by atoms with E-state index in [1.807, 2.05) is 13.0 Å². The van der Waals surface area contributed by atoms with Crippen molar-refractivity contribution in [3.8, 4) is 5.75 Å².